The second-order valence-electron chi connectivity index (χ2n) is 2.68. The van der Waals surface area contributed by atoms with Gasteiger partial charge in [0.2, 0.25) is 5.82 Å². The molecule has 6 nitrogen and oxygen atoms in total. The Balaban J connectivity index is 3.20. The Bertz CT molecular complexity index is 450. The van der Waals surface area contributed by atoms with Crippen LogP contribution in [0.1, 0.15) is 10.4 Å². The molecule has 1 N–H and O–H groups in total. The summed E-state index contributed by atoms with van der Waals surface area (Å²) in [7, 11) is 1.11. The number of carbonyl (C=O) groups excluding carboxylic acids is 1. The average molecular weight is 232 g/mol. The van der Waals surface area contributed by atoms with Gasteiger partial charge in [-0.15, -0.1) is 0 Å². The number of nitrogens with zero attached hydrogens (tertiary/aromatic N) is 1. The maximum Gasteiger partial charge on any atom is 0.307 e. The summed E-state index contributed by atoms with van der Waals surface area (Å²) in [5.74, 6) is -3.54. The van der Waals surface area contributed by atoms with E-state index in [0.717, 1.165) is 7.11 Å². The zero-order valence-corrected chi connectivity index (χ0v) is 7.99. The molecule has 1 rings (SSSR count). The van der Waals surface area contributed by atoms with Crippen molar-refractivity contribution >= 4 is 11.6 Å². The molecule has 0 radical (unpaired) electrons. The van der Waals surface area contributed by atoms with Crippen LogP contribution in [0.15, 0.2) is 12.1 Å². The number of nitro benzene ring substituents is 1. The van der Waals surface area contributed by atoms with E-state index in [-0.39, 0.29) is 0 Å². The van der Waals surface area contributed by atoms with Crippen LogP contribution in [0.2, 0.25) is 0 Å². The number of benzene rings is 1. The number of nitrogens with one attached hydrogen (secondary N) is 1. The van der Waals surface area contributed by atoms with Gasteiger partial charge in [-0.1, -0.05) is 0 Å². The van der Waals surface area contributed by atoms with Gasteiger partial charge in [-0.05, 0) is 6.07 Å². The Morgan fingerprint density at radius 3 is 2.56 bits per heavy atom. The summed E-state index contributed by atoms with van der Waals surface area (Å²) < 4.78 is 26.2. The summed E-state index contributed by atoms with van der Waals surface area (Å²) in [6.07, 6.45) is 0. The van der Waals surface area contributed by atoms with Crippen molar-refractivity contribution in [1.82, 2.24) is 5.48 Å². The molecule has 0 heterocycles. The fourth-order valence-electron chi connectivity index (χ4n) is 0.998. The van der Waals surface area contributed by atoms with E-state index in [4.69, 9.17) is 0 Å². The number of hydrogen-bond acceptors (Lipinski definition) is 4. The summed E-state index contributed by atoms with van der Waals surface area (Å²) in [5, 5.41) is 10.3. The molecule has 0 bridgehead atoms. The minimum Gasteiger partial charge on any atom is -0.277 e. The van der Waals surface area contributed by atoms with E-state index < -0.39 is 33.7 Å². The molecule has 0 aliphatic heterocycles. The largest absolute Gasteiger partial charge is 0.307 e. The third-order valence-electron chi connectivity index (χ3n) is 1.67. The van der Waals surface area contributed by atoms with Crippen molar-refractivity contribution < 1.29 is 23.3 Å². The fourth-order valence-corrected chi connectivity index (χ4v) is 0.998. The smallest absolute Gasteiger partial charge is 0.277 e. The van der Waals surface area contributed by atoms with Gasteiger partial charge in [0.15, 0.2) is 0 Å². The van der Waals surface area contributed by atoms with Crippen LogP contribution in [-0.2, 0) is 4.84 Å². The second-order valence-corrected chi connectivity index (χ2v) is 2.68. The highest BCUT2D eigenvalue weighted by Crippen LogP contribution is 2.21. The third kappa shape index (κ3) is 2.28. The predicted octanol–water partition coefficient (Wildman–Crippen LogP) is 1.16. The van der Waals surface area contributed by atoms with Gasteiger partial charge >= 0.3 is 5.69 Å². The monoisotopic (exact) mass is 232 g/mol. The summed E-state index contributed by atoms with van der Waals surface area (Å²) in [6.45, 7) is 0. The van der Waals surface area contributed by atoms with Crippen LogP contribution in [-0.4, -0.2) is 17.9 Å². The lowest BCUT2D eigenvalue weighted by Crippen LogP contribution is -2.23. The molecule has 0 aromatic heterocycles. The Morgan fingerprint density at radius 2 is 2.06 bits per heavy atom. The molecule has 0 aliphatic carbocycles. The second kappa shape index (κ2) is 4.62. The first-order chi connectivity index (χ1) is 7.47. The summed E-state index contributed by atoms with van der Waals surface area (Å²) in [6, 6.07) is 0.766. The first-order valence-corrected chi connectivity index (χ1v) is 3.94. The summed E-state index contributed by atoms with van der Waals surface area (Å²) in [5.41, 5.74) is 0.0514. The quantitative estimate of drug-likeness (QED) is 0.626. The first kappa shape index (κ1) is 12.0. The van der Waals surface area contributed by atoms with Gasteiger partial charge in [0.25, 0.3) is 5.91 Å². The van der Waals surface area contributed by atoms with Crippen molar-refractivity contribution in [3.8, 4) is 0 Å². The highest BCUT2D eigenvalue weighted by atomic mass is 19.1. The first-order valence-electron chi connectivity index (χ1n) is 3.94. The molecular weight excluding hydrogens is 226 g/mol. The Labute approximate surface area is 87.9 Å². The topological polar surface area (TPSA) is 81.5 Å². The van der Waals surface area contributed by atoms with Crippen molar-refractivity contribution in [3.05, 3.63) is 39.4 Å². The lowest BCUT2D eigenvalue weighted by atomic mass is 10.1. The Kier molecular flexibility index (Phi) is 3.46. The van der Waals surface area contributed by atoms with E-state index in [2.05, 4.69) is 4.84 Å². The lowest BCUT2D eigenvalue weighted by Gasteiger charge is -2.03. The molecule has 0 atom stereocenters. The molecule has 1 amide bonds. The molecular formula is C8H6F2N2O4. The molecule has 0 saturated heterocycles. The average Bonchev–Trinajstić information content (AvgIpc) is 2.20. The zero-order valence-electron chi connectivity index (χ0n) is 7.99. The highest BCUT2D eigenvalue weighted by Gasteiger charge is 2.21. The van der Waals surface area contributed by atoms with Gasteiger partial charge in [0.05, 0.1) is 23.7 Å². The van der Waals surface area contributed by atoms with E-state index in [1.54, 1.807) is 5.48 Å². The minimum atomic E-state index is -1.30. The van der Waals surface area contributed by atoms with Gasteiger partial charge in [-0.3, -0.25) is 19.7 Å². The van der Waals surface area contributed by atoms with Gasteiger partial charge in [0.1, 0.15) is 5.82 Å². The van der Waals surface area contributed by atoms with E-state index in [9.17, 15) is 23.7 Å². The van der Waals surface area contributed by atoms with Crippen LogP contribution in [0.5, 0.6) is 0 Å². The van der Waals surface area contributed by atoms with Crippen LogP contribution in [0.4, 0.5) is 14.5 Å². The summed E-state index contributed by atoms with van der Waals surface area (Å²) in [4.78, 5) is 24.5. The van der Waals surface area contributed by atoms with E-state index in [1.807, 2.05) is 0 Å². The third-order valence-corrected chi connectivity index (χ3v) is 1.67. The molecule has 0 saturated carbocycles. The van der Waals surface area contributed by atoms with Crippen molar-refractivity contribution in [2.24, 2.45) is 0 Å². The van der Waals surface area contributed by atoms with Gasteiger partial charge < -0.3 is 0 Å². The van der Waals surface area contributed by atoms with Gasteiger partial charge in [0, 0.05) is 0 Å². The standard InChI is InChI=1S/C8H6F2N2O4/c1-16-11-8(13)4-2-6(10)7(12(14)15)3-5(4)9/h2-3H,1H3,(H,11,13). The number of halogens is 2. The maximum absolute atomic E-state index is 13.2. The van der Waals surface area contributed by atoms with Crippen LogP contribution < -0.4 is 5.48 Å². The Morgan fingerprint density at radius 1 is 1.44 bits per heavy atom. The molecule has 0 aliphatic rings. The number of hydroxylamine groups is 1. The van der Waals surface area contributed by atoms with Crippen LogP contribution in [0.25, 0.3) is 0 Å². The van der Waals surface area contributed by atoms with Crippen LogP contribution >= 0.6 is 0 Å². The predicted molar refractivity (Wildman–Crippen MR) is 47.5 cm³/mol. The molecule has 1 aromatic rings. The number of nitro groups is 1. The van der Waals surface area contributed by atoms with Crippen molar-refractivity contribution in [2.45, 2.75) is 0 Å². The molecule has 1 aromatic carbocycles. The van der Waals surface area contributed by atoms with E-state index in [0.29, 0.717) is 12.1 Å². The highest BCUT2D eigenvalue weighted by molar-refractivity contribution is 5.94. The van der Waals surface area contributed by atoms with Crippen LogP contribution in [0, 0.1) is 21.7 Å². The summed E-state index contributed by atoms with van der Waals surface area (Å²) >= 11 is 0. The van der Waals surface area contributed by atoms with Gasteiger partial charge in [-0.2, -0.15) is 4.39 Å². The number of hydrogen-bond donors (Lipinski definition) is 1. The lowest BCUT2D eigenvalue weighted by molar-refractivity contribution is -0.387. The van der Waals surface area contributed by atoms with Crippen molar-refractivity contribution in [1.29, 1.82) is 0 Å². The zero-order chi connectivity index (χ0) is 12.3. The fraction of sp³-hybridized carbons (Fsp3) is 0.125. The van der Waals surface area contributed by atoms with Crippen molar-refractivity contribution in [2.75, 3.05) is 7.11 Å². The number of amides is 1. The van der Waals surface area contributed by atoms with E-state index >= 15 is 0 Å². The number of rotatable bonds is 3. The van der Waals surface area contributed by atoms with Crippen molar-refractivity contribution in [3.63, 3.8) is 0 Å². The molecule has 0 fully saturated rings. The normalized spacial score (nSPS) is 9.94. The molecule has 86 valence electrons. The molecule has 16 heavy (non-hydrogen) atoms. The molecule has 0 unspecified atom stereocenters. The van der Waals surface area contributed by atoms with Gasteiger partial charge in [-0.25, -0.2) is 9.87 Å². The molecule has 8 heteroatoms. The minimum absolute atomic E-state index is 0.333. The Hall–Kier alpha value is -2.09. The SMILES string of the molecule is CONC(=O)c1cc(F)c([N+](=O)[O-])cc1F. The number of carbonyl (C=O) groups is 1. The molecule has 0 spiro atoms. The van der Waals surface area contributed by atoms with E-state index in [1.165, 1.54) is 0 Å². The van der Waals surface area contributed by atoms with Crippen LogP contribution in [0.3, 0.4) is 0 Å². The maximum atomic E-state index is 13.2.